The normalized spacial score (nSPS) is 28.9. The largest absolute Gasteiger partial charge is 0.353 e. The van der Waals surface area contributed by atoms with Crippen LogP contribution in [0.15, 0.2) is 12.2 Å². The summed E-state index contributed by atoms with van der Waals surface area (Å²) in [5.41, 5.74) is 5.82. The van der Waals surface area contributed by atoms with E-state index >= 15 is 0 Å². The van der Waals surface area contributed by atoms with E-state index in [4.69, 9.17) is 5.73 Å². The summed E-state index contributed by atoms with van der Waals surface area (Å²) in [5, 5.41) is 5.68. The van der Waals surface area contributed by atoms with Crippen molar-refractivity contribution in [2.24, 2.45) is 11.7 Å². The van der Waals surface area contributed by atoms with Gasteiger partial charge >= 0.3 is 0 Å². The monoisotopic (exact) mass is 253 g/mol. The number of carbonyl (C=O) groups excluding carboxylic acids is 2. The zero-order chi connectivity index (χ0) is 13.5. The second-order valence-corrected chi connectivity index (χ2v) is 5.03. The van der Waals surface area contributed by atoms with Gasteiger partial charge < -0.3 is 16.4 Å². The molecule has 0 radical (unpaired) electrons. The van der Waals surface area contributed by atoms with Gasteiger partial charge in [-0.3, -0.25) is 9.59 Å². The van der Waals surface area contributed by atoms with Crippen LogP contribution in [0.25, 0.3) is 0 Å². The summed E-state index contributed by atoms with van der Waals surface area (Å²) in [5.74, 6) is -0.0350. The number of amides is 2. The van der Waals surface area contributed by atoms with Crippen molar-refractivity contribution in [2.75, 3.05) is 6.54 Å². The molecule has 102 valence electrons. The molecule has 0 aromatic carbocycles. The summed E-state index contributed by atoms with van der Waals surface area (Å²) in [4.78, 5) is 23.3. The highest BCUT2D eigenvalue weighted by molar-refractivity contribution is 5.88. The quantitative estimate of drug-likeness (QED) is 0.629. The molecule has 18 heavy (non-hydrogen) atoms. The predicted molar refractivity (Wildman–Crippen MR) is 70.7 cm³/mol. The molecule has 0 fully saturated rings. The highest BCUT2D eigenvalue weighted by atomic mass is 16.2. The molecular weight excluding hydrogens is 230 g/mol. The van der Waals surface area contributed by atoms with E-state index < -0.39 is 6.04 Å². The van der Waals surface area contributed by atoms with Crippen LogP contribution >= 0.6 is 0 Å². The van der Waals surface area contributed by atoms with Gasteiger partial charge in [0, 0.05) is 18.7 Å². The number of rotatable bonds is 1. The van der Waals surface area contributed by atoms with E-state index in [9.17, 15) is 9.59 Å². The average Bonchev–Trinajstić information content (AvgIpc) is 2.31. The summed E-state index contributed by atoms with van der Waals surface area (Å²) >= 11 is 0. The molecule has 1 heterocycles. The van der Waals surface area contributed by atoms with E-state index in [1.54, 1.807) is 6.08 Å². The molecule has 2 atom stereocenters. The van der Waals surface area contributed by atoms with Crippen molar-refractivity contribution in [1.82, 2.24) is 10.6 Å². The smallest absolute Gasteiger partial charge is 0.243 e. The van der Waals surface area contributed by atoms with Crippen molar-refractivity contribution >= 4 is 11.8 Å². The lowest BCUT2D eigenvalue weighted by Crippen LogP contribution is -2.46. The van der Waals surface area contributed by atoms with Crippen LogP contribution in [0.1, 0.15) is 33.1 Å². The number of nitrogens with one attached hydrogen (secondary N) is 2. The van der Waals surface area contributed by atoms with Gasteiger partial charge in [-0.25, -0.2) is 0 Å². The molecule has 0 saturated carbocycles. The molecule has 4 N–H and O–H groups in total. The summed E-state index contributed by atoms with van der Waals surface area (Å²) < 4.78 is 0. The topological polar surface area (TPSA) is 84.2 Å². The average molecular weight is 253 g/mol. The van der Waals surface area contributed by atoms with E-state index in [2.05, 4.69) is 10.6 Å². The lowest BCUT2D eigenvalue weighted by molar-refractivity contribution is -0.123. The molecule has 1 aliphatic heterocycles. The third-order valence-electron chi connectivity index (χ3n) is 3.06. The van der Waals surface area contributed by atoms with Crippen molar-refractivity contribution in [3.8, 4) is 0 Å². The van der Waals surface area contributed by atoms with Crippen molar-refractivity contribution in [2.45, 2.75) is 45.2 Å². The minimum atomic E-state index is -0.463. The van der Waals surface area contributed by atoms with Crippen LogP contribution in [-0.2, 0) is 9.59 Å². The molecule has 0 aliphatic carbocycles. The fourth-order valence-corrected chi connectivity index (χ4v) is 1.79. The fraction of sp³-hybridized carbons (Fsp3) is 0.692. The zero-order valence-electron chi connectivity index (χ0n) is 11.1. The first kappa shape index (κ1) is 14.7. The molecule has 1 rings (SSSR count). The van der Waals surface area contributed by atoms with Gasteiger partial charge in [0.1, 0.15) is 0 Å². The second kappa shape index (κ2) is 7.16. The first-order chi connectivity index (χ1) is 8.50. The minimum absolute atomic E-state index is 0.111. The molecular formula is C13H23N3O2. The van der Waals surface area contributed by atoms with E-state index in [0.717, 1.165) is 12.8 Å². The molecule has 0 bridgehead atoms. The number of nitrogens with two attached hydrogens (primary N) is 1. The van der Waals surface area contributed by atoms with Crippen LogP contribution in [-0.4, -0.2) is 30.4 Å². The van der Waals surface area contributed by atoms with Crippen LogP contribution in [0.3, 0.4) is 0 Å². The number of hydrogen-bond acceptors (Lipinski definition) is 3. The maximum Gasteiger partial charge on any atom is 0.243 e. The van der Waals surface area contributed by atoms with Crippen molar-refractivity contribution in [1.29, 1.82) is 0 Å². The van der Waals surface area contributed by atoms with Gasteiger partial charge in [-0.05, 0) is 25.2 Å². The number of hydrogen-bond donors (Lipinski definition) is 3. The van der Waals surface area contributed by atoms with Gasteiger partial charge in [-0.1, -0.05) is 19.9 Å². The Kier molecular flexibility index (Phi) is 5.85. The third kappa shape index (κ3) is 4.87. The fourth-order valence-electron chi connectivity index (χ4n) is 1.79. The summed E-state index contributed by atoms with van der Waals surface area (Å²) in [6, 6.07) is -0.622. The Balaban J connectivity index is 2.76. The highest BCUT2D eigenvalue weighted by Crippen LogP contribution is 2.06. The zero-order valence-corrected chi connectivity index (χ0v) is 11.1. The molecule has 0 aromatic heterocycles. The minimum Gasteiger partial charge on any atom is -0.353 e. The highest BCUT2D eigenvalue weighted by Gasteiger charge is 2.19. The van der Waals surface area contributed by atoms with Gasteiger partial charge in [0.25, 0.3) is 0 Å². The Morgan fingerprint density at radius 3 is 2.72 bits per heavy atom. The summed E-state index contributed by atoms with van der Waals surface area (Å²) in [7, 11) is 0. The first-order valence-corrected chi connectivity index (χ1v) is 6.52. The lowest BCUT2D eigenvalue weighted by atomic mass is 10.0. The summed E-state index contributed by atoms with van der Waals surface area (Å²) in [6.07, 6.45) is 5.54. The predicted octanol–water partition coefficient (Wildman–Crippen LogP) is 0.311. The molecule has 0 saturated heterocycles. The standard InChI is InChI=1S/C13H23N3O2/c1-9(2)11-6-7-12(17)15-8-4-3-5-10(14)13(18)16-11/h6-7,9-11H,3-5,8,14H2,1-2H3,(H,15,17)(H,16,18)/b7-6+/t10-,11+/m0/s1. The van der Waals surface area contributed by atoms with Crippen LogP contribution in [0.5, 0.6) is 0 Å². The Hall–Kier alpha value is -1.36. The summed E-state index contributed by atoms with van der Waals surface area (Å²) in [6.45, 7) is 4.61. The Labute approximate surface area is 108 Å². The second-order valence-electron chi connectivity index (χ2n) is 5.03. The van der Waals surface area contributed by atoms with Crippen molar-refractivity contribution < 1.29 is 9.59 Å². The van der Waals surface area contributed by atoms with Gasteiger partial charge in [0.05, 0.1) is 6.04 Å². The van der Waals surface area contributed by atoms with Gasteiger partial charge in [-0.15, -0.1) is 0 Å². The Morgan fingerprint density at radius 1 is 1.33 bits per heavy atom. The van der Waals surface area contributed by atoms with Crippen LogP contribution in [0, 0.1) is 5.92 Å². The lowest BCUT2D eigenvalue weighted by Gasteiger charge is -2.22. The molecule has 1 aliphatic rings. The molecule has 0 unspecified atom stereocenters. The van der Waals surface area contributed by atoms with Gasteiger partial charge in [-0.2, -0.15) is 0 Å². The van der Waals surface area contributed by atoms with E-state index in [-0.39, 0.29) is 23.8 Å². The van der Waals surface area contributed by atoms with Crippen molar-refractivity contribution in [3.63, 3.8) is 0 Å². The van der Waals surface area contributed by atoms with Crippen LogP contribution in [0.4, 0.5) is 0 Å². The molecule has 0 aromatic rings. The first-order valence-electron chi connectivity index (χ1n) is 6.52. The van der Waals surface area contributed by atoms with Gasteiger partial charge in [0.2, 0.25) is 11.8 Å². The Morgan fingerprint density at radius 2 is 2.06 bits per heavy atom. The molecule has 5 nitrogen and oxygen atoms in total. The van der Waals surface area contributed by atoms with E-state index in [0.29, 0.717) is 13.0 Å². The maximum absolute atomic E-state index is 11.9. The Bertz CT molecular complexity index is 326. The number of carbonyl (C=O) groups is 2. The molecule has 0 spiro atoms. The molecule has 5 heteroatoms. The van der Waals surface area contributed by atoms with Crippen LogP contribution in [0.2, 0.25) is 0 Å². The van der Waals surface area contributed by atoms with E-state index in [1.807, 2.05) is 13.8 Å². The maximum atomic E-state index is 11.9. The van der Waals surface area contributed by atoms with Crippen LogP contribution < -0.4 is 16.4 Å². The SMILES string of the molecule is CC(C)[C@H]1/C=C/C(=O)NCCCC[C@H](N)C(=O)N1. The van der Waals surface area contributed by atoms with Gasteiger partial charge in [0.15, 0.2) is 0 Å². The van der Waals surface area contributed by atoms with E-state index in [1.165, 1.54) is 6.08 Å². The third-order valence-corrected chi connectivity index (χ3v) is 3.06. The van der Waals surface area contributed by atoms with Crippen molar-refractivity contribution in [3.05, 3.63) is 12.2 Å². The molecule has 2 amide bonds.